The maximum atomic E-state index is 14.7. The van der Waals surface area contributed by atoms with E-state index in [0.29, 0.717) is 34.5 Å². The second-order valence-corrected chi connectivity index (χ2v) is 17.1. The lowest BCUT2D eigenvalue weighted by Crippen LogP contribution is -2.49. The van der Waals surface area contributed by atoms with Gasteiger partial charge in [0.25, 0.3) is 10.0 Å². The highest BCUT2D eigenvalue weighted by Crippen LogP contribution is 2.55. The summed E-state index contributed by atoms with van der Waals surface area (Å²) in [6.45, 7) is 7.09. The molecule has 2 saturated carbocycles. The molecule has 2 unspecified atom stereocenters. The Kier molecular flexibility index (Phi) is 8.77. The highest BCUT2D eigenvalue weighted by molar-refractivity contribution is 7.92. The number of aromatic nitrogens is 2. The van der Waals surface area contributed by atoms with Gasteiger partial charge in [0.05, 0.1) is 10.6 Å². The van der Waals surface area contributed by atoms with Crippen LogP contribution in [0.3, 0.4) is 0 Å². The zero-order valence-corrected chi connectivity index (χ0v) is 29.5. The molecule has 2 aromatic carbocycles. The van der Waals surface area contributed by atoms with Crippen LogP contribution in [-0.4, -0.2) is 67.5 Å². The number of nitrogens with one attached hydrogen (secondary N) is 1. The van der Waals surface area contributed by atoms with Crippen molar-refractivity contribution in [3.63, 3.8) is 0 Å². The van der Waals surface area contributed by atoms with E-state index < -0.39 is 10.0 Å². The highest BCUT2D eigenvalue weighted by atomic mass is 32.2. The minimum atomic E-state index is -4.10. The van der Waals surface area contributed by atoms with Gasteiger partial charge in [0.2, 0.25) is 11.8 Å². The zero-order chi connectivity index (χ0) is 33.8. The van der Waals surface area contributed by atoms with Crippen LogP contribution >= 0.6 is 0 Å². The van der Waals surface area contributed by atoms with Crippen molar-refractivity contribution in [1.29, 1.82) is 0 Å². The number of rotatable bonds is 5. The second-order valence-electron chi connectivity index (χ2n) is 15.5. The molecule has 4 fully saturated rings. The summed E-state index contributed by atoms with van der Waals surface area (Å²) in [6.07, 6.45) is 11.2. The fourth-order valence-corrected chi connectivity index (χ4v) is 10.6. The Balaban J connectivity index is 1.21. The number of carbonyl (C=O) groups excluding carboxylic acids is 1. The highest BCUT2D eigenvalue weighted by Gasteiger charge is 2.52. The summed E-state index contributed by atoms with van der Waals surface area (Å²) in [5.74, 6) is 0.407. The van der Waals surface area contributed by atoms with Crippen LogP contribution in [0.2, 0.25) is 0 Å². The van der Waals surface area contributed by atoms with Crippen molar-refractivity contribution in [2.75, 3.05) is 31.0 Å². The number of fused-ring (bicyclic) bond motifs is 5. The van der Waals surface area contributed by atoms with E-state index in [4.69, 9.17) is 14.5 Å². The molecule has 10 heteroatoms. The van der Waals surface area contributed by atoms with Crippen LogP contribution in [0.4, 0.5) is 5.95 Å². The molecule has 2 saturated heterocycles. The van der Waals surface area contributed by atoms with Gasteiger partial charge >= 0.3 is 0 Å². The van der Waals surface area contributed by atoms with Crippen LogP contribution in [0, 0.1) is 37.0 Å². The van der Waals surface area contributed by atoms with Crippen molar-refractivity contribution in [1.82, 2.24) is 14.9 Å². The second kappa shape index (κ2) is 13.1. The van der Waals surface area contributed by atoms with Gasteiger partial charge < -0.3 is 9.47 Å². The number of benzene rings is 2. The predicted molar refractivity (Wildman–Crippen MR) is 188 cm³/mol. The van der Waals surface area contributed by atoms with Crippen molar-refractivity contribution in [2.24, 2.45) is 23.2 Å². The number of carbonyl (C=O) groups is 1. The van der Waals surface area contributed by atoms with Gasteiger partial charge in [-0.2, -0.15) is 4.98 Å². The third-order valence-corrected chi connectivity index (χ3v) is 13.6. The van der Waals surface area contributed by atoms with E-state index in [1.54, 1.807) is 12.1 Å². The molecule has 49 heavy (non-hydrogen) atoms. The number of hydrogen-bond acceptors (Lipinski definition) is 8. The lowest BCUT2D eigenvalue weighted by molar-refractivity contribution is 0.0114. The number of anilines is 1. The van der Waals surface area contributed by atoms with Crippen molar-refractivity contribution >= 4 is 21.8 Å². The molecule has 4 bridgehead atoms. The van der Waals surface area contributed by atoms with E-state index in [1.807, 2.05) is 38.1 Å². The van der Waals surface area contributed by atoms with Gasteiger partial charge in [-0.15, -0.1) is 0 Å². The van der Waals surface area contributed by atoms with Gasteiger partial charge in [0.15, 0.2) is 5.78 Å². The Bertz CT molecular complexity index is 1810. The molecule has 1 spiro atoms. The van der Waals surface area contributed by atoms with E-state index in [2.05, 4.69) is 14.6 Å². The van der Waals surface area contributed by atoms with Gasteiger partial charge in [-0.3, -0.25) is 9.69 Å². The maximum Gasteiger partial charge on any atom is 0.264 e. The van der Waals surface area contributed by atoms with E-state index in [0.717, 1.165) is 68.7 Å². The molecular weight excluding hydrogens is 637 g/mol. The Morgan fingerprint density at radius 2 is 1.67 bits per heavy atom. The van der Waals surface area contributed by atoms with Crippen LogP contribution in [0.15, 0.2) is 53.4 Å². The first kappa shape index (κ1) is 32.8. The van der Waals surface area contributed by atoms with Gasteiger partial charge in [-0.25, -0.2) is 18.1 Å². The average Bonchev–Trinajstić information content (AvgIpc) is 3.72. The third-order valence-electron chi connectivity index (χ3n) is 12.3. The summed E-state index contributed by atoms with van der Waals surface area (Å²) in [5, 5.41) is 0. The number of likely N-dealkylation sites (tertiary alicyclic amines) is 1. The van der Waals surface area contributed by atoms with Crippen LogP contribution in [0.25, 0.3) is 11.3 Å². The molecule has 1 aromatic heterocycles. The SMILES string of the molecule is Cc1cccc(C)c1-c1cc2nc(n1)NS(=O)(=O)c1cccc(c1)C(=O)C(CCC1CCOCC1)[C@@H]1CN(C3CC4(CCCC4)C3)CC1O2. The van der Waals surface area contributed by atoms with Gasteiger partial charge in [0, 0.05) is 61.4 Å². The normalized spacial score (nSPS) is 26.9. The minimum Gasteiger partial charge on any atom is -0.472 e. The number of sulfonamides is 1. The molecule has 1 N–H and O–H groups in total. The van der Waals surface area contributed by atoms with Crippen LogP contribution in [0.5, 0.6) is 5.88 Å². The molecule has 8 rings (SSSR count). The molecule has 3 aliphatic heterocycles. The smallest absolute Gasteiger partial charge is 0.264 e. The Labute approximate surface area is 290 Å². The minimum absolute atomic E-state index is 0.00121. The Hall–Kier alpha value is -3.34. The maximum absolute atomic E-state index is 14.7. The van der Waals surface area contributed by atoms with Crippen molar-refractivity contribution in [3.05, 3.63) is 65.2 Å². The van der Waals surface area contributed by atoms with E-state index in [1.165, 1.54) is 50.7 Å². The first-order chi connectivity index (χ1) is 23.7. The first-order valence-electron chi connectivity index (χ1n) is 18.3. The molecular formula is C39H48N4O5S. The van der Waals surface area contributed by atoms with Crippen LogP contribution in [0.1, 0.15) is 85.7 Å². The summed E-state index contributed by atoms with van der Waals surface area (Å²) in [4.78, 5) is 26.6. The number of ketones is 1. The summed E-state index contributed by atoms with van der Waals surface area (Å²) in [6, 6.07) is 14.9. The molecule has 9 nitrogen and oxygen atoms in total. The topological polar surface area (TPSA) is 111 Å². The standard InChI is InChI=1S/C39H48N4O5S/c1-25-7-5-8-26(2)36(25)33-20-35-41-38(40-33)42-49(45,46)30-10-6-9-28(19-30)37(44)31(12-11-27-13-17-47-18-14-27)32-23-43(24-34(32)48-35)29-21-39(22-29)15-3-4-16-39/h5-10,19-20,27,29,31-32,34H,3-4,11-18,21-24H2,1-2H3,(H,40,41,42)/t31?,32-,34?/m0/s1. The first-order valence-corrected chi connectivity index (χ1v) is 19.8. The summed E-state index contributed by atoms with van der Waals surface area (Å²) >= 11 is 0. The Morgan fingerprint density at radius 1 is 0.939 bits per heavy atom. The molecule has 3 atom stereocenters. The fraction of sp³-hybridized carbons (Fsp3) is 0.564. The molecule has 2 aliphatic carbocycles. The van der Waals surface area contributed by atoms with E-state index >= 15 is 0 Å². The zero-order valence-electron chi connectivity index (χ0n) is 28.7. The predicted octanol–water partition coefficient (Wildman–Crippen LogP) is 6.98. The van der Waals surface area contributed by atoms with Crippen LogP contribution in [-0.2, 0) is 14.8 Å². The number of aryl methyl sites for hydroxylation is 2. The largest absolute Gasteiger partial charge is 0.472 e. The third kappa shape index (κ3) is 6.52. The molecule has 5 aliphatic rings. The summed E-state index contributed by atoms with van der Waals surface area (Å²) < 4.78 is 42.7. The number of Topliss-reactive ketones (excluding diaryl/α,β-unsaturated/α-hetero) is 1. The summed E-state index contributed by atoms with van der Waals surface area (Å²) in [5.41, 5.74) is 4.51. The molecule has 260 valence electrons. The molecule has 3 aromatic rings. The lowest BCUT2D eigenvalue weighted by atomic mass is 9.64. The molecule has 0 radical (unpaired) electrons. The average molecular weight is 685 g/mol. The number of nitrogens with zero attached hydrogens (tertiary/aromatic N) is 3. The van der Waals surface area contributed by atoms with Crippen LogP contribution < -0.4 is 9.46 Å². The molecule has 4 heterocycles. The van der Waals surface area contributed by atoms with Crippen molar-refractivity contribution in [3.8, 4) is 17.1 Å². The monoisotopic (exact) mass is 684 g/mol. The number of hydrogen-bond donors (Lipinski definition) is 1. The van der Waals surface area contributed by atoms with Gasteiger partial charge in [-0.05, 0) is 99.8 Å². The Morgan fingerprint density at radius 3 is 2.43 bits per heavy atom. The fourth-order valence-electron chi connectivity index (χ4n) is 9.60. The van der Waals surface area contributed by atoms with Gasteiger partial charge in [-0.1, -0.05) is 43.2 Å². The van der Waals surface area contributed by atoms with Gasteiger partial charge in [0.1, 0.15) is 6.10 Å². The van der Waals surface area contributed by atoms with E-state index in [9.17, 15) is 13.2 Å². The van der Waals surface area contributed by atoms with Crippen molar-refractivity contribution in [2.45, 2.75) is 95.1 Å². The van der Waals surface area contributed by atoms with E-state index in [-0.39, 0.29) is 34.6 Å². The quantitative estimate of drug-likeness (QED) is 0.307. The lowest BCUT2D eigenvalue weighted by Gasteiger charge is -2.49. The molecule has 0 amide bonds. The number of ether oxygens (including phenoxy) is 2. The van der Waals surface area contributed by atoms with Crippen molar-refractivity contribution < 1.29 is 22.7 Å². The summed E-state index contributed by atoms with van der Waals surface area (Å²) in [7, 11) is -4.10.